The first-order chi connectivity index (χ1) is 22.4. The zero-order chi connectivity index (χ0) is 32.1. The molecule has 0 heterocycles. The van der Waals surface area contributed by atoms with Crippen LogP contribution in [0.15, 0.2) is 127 Å². The maximum atomic E-state index is 13.7. The van der Waals surface area contributed by atoms with Crippen LogP contribution >= 0.6 is 0 Å². The summed E-state index contributed by atoms with van der Waals surface area (Å²) in [5, 5.41) is 0. The van der Waals surface area contributed by atoms with Gasteiger partial charge in [0.1, 0.15) is 25.6 Å². The highest BCUT2D eigenvalue weighted by molar-refractivity contribution is 5.98. The van der Waals surface area contributed by atoms with Crippen molar-refractivity contribution in [2.45, 2.75) is 26.7 Å². The second-order valence-electron chi connectivity index (χ2n) is 11.0. The fraction of sp³-hybridized carbons (Fsp3) is 0.179. The number of carbonyl (C=O) groups excluding carboxylic acids is 2. The maximum absolute atomic E-state index is 13.7. The van der Waals surface area contributed by atoms with E-state index in [0.29, 0.717) is 61.3 Å². The topological polar surface area (TPSA) is 91.1 Å². The predicted molar refractivity (Wildman–Crippen MR) is 179 cm³/mol. The lowest BCUT2D eigenvalue weighted by molar-refractivity contribution is 0.0911. The van der Waals surface area contributed by atoms with Crippen LogP contribution in [0.2, 0.25) is 0 Å². The van der Waals surface area contributed by atoms with Crippen LogP contribution in [-0.4, -0.2) is 36.3 Å². The van der Waals surface area contributed by atoms with Gasteiger partial charge in [0.2, 0.25) is 5.91 Å². The third-order valence-corrected chi connectivity index (χ3v) is 7.48. The van der Waals surface area contributed by atoms with Crippen molar-refractivity contribution >= 4 is 11.7 Å². The normalized spacial score (nSPS) is 10.8. The van der Waals surface area contributed by atoms with Crippen LogP contribution in [0, 0.1) is 6.92 Å². The number of nitrogens with zero attached hydrogens (tertiary/aromatic N) is 1. The van der Waals surface area contributed by atoms with E-state index in [1.54, 1.807) is 36.4 Å². The molecule has 0 aliphatic heterocycles. The first-order valence-electron chi connectivity index (χ1n) is 15.2. The highest BCUT2D eigenvalue weighted by Gasteiger charge is 2.17. The standard InChI is InChI=1S/C39H38N2O5/c1-29-23-34(39(40)43)18-19-36(29)44-22-21-41(25-30-11-5-2-6-12-30)26-35(42)33-17-20-37(45-27-31-13-7-3-8-14-31)38(24-33)46-28-32-15-9-4-10-16-32/h2-20,23-24H,21-22,25-28H2,1H3,(H2,40,43). The molecule has 0 bridgehead atoms. The highest BCUT2D eigenvalue weighted by atomic mass is 16.5. The van der Waals surface area contributed by atoms with E-state index in [4.69, 9.17) is 19.9 Å². The van der Waals surface area contributed by atoms with Gasteiger partial charge in [-0.15, -0.1) is 0 Å². The van der Waals surface area contributed by atoms with Crippen molar-refractivity contribution in [3.05, 3.63) is 161 Å². The number of ketones is 1. The van der Waals surface area contributed by atoms with Crippen molar-refractivity contribution in [3.8, 4) is 17.2 Å². The van der Waals surface area contributed by atoms with Crippen LogP contribution in [0.5, 0.6) is 17.2 Å². The minimum absolute atomic E-state index is 0.0444. The predicted octanol–water partition coefficient (Wildman–Crippen LogP) is 7.02. The Morgan fingerprint density at radius 3 is 1.74 bits per heavy atom. The molecule has 234 valence electrons. The summed E-state index contributed by atoms with van der Waals surface area (Å²) in [4.78, 5) is 27.3. The molecule has 5 aromatic carbocycles. The number of Topliss-reactive ketones (excluding diaryl/α,β-unsaturated/α-hetero) is 1. The van der Waals surface area contributed by atoms with E-state index in [9.17, 15) is 9.59 Å². The van der Waals surface area contributed by atoms with Crippen molar-refractivity contribution in [2.75, 3.05) is 19.7 Å². The summed E-state index contributed by atoms with van der Waals surface area (Å²) in [5.74, 6) is 1.23. The lowest BCUT2D eigenvalue weighted by Crippen LogP contribution is -2.33. The van der Waals surface area contributed by atoms with Crippen molar-refractivity contribution in [1.82, 2.24) is 4.90 Å². The molecule has 1 amide bonds. The molecule has 5 rings (SSSR count). The number of primary amides is 1. The molecule has 5 aromatic rings. The summed E-state index contributed by atoms with van der Waals surface area (Å²) in [6, 6.07) is 40.3. The maximum Gasteiger partial charge on any atom is 0.248 e. The van der Waals surface area contributed by atoms with E-state index in [1.807, 2.05) is 97.9 Å². The van der Waals surface area contributed by atoms with Crippen LogP contribution < -0.4 is 19.9 Å². The van der Waals surface area contributed by atoms with Gasteiger partial charge >= 0.3 is 0 Å². The Morgan fingerprint density at radius 2 is 1.15 bits per heavy atom. The Labute approximate surface area is 270 Å². The van der Waals surface area contributed by atoms with Gasteiger partial charge in [-0.25, -0.2) is 0 Å². The average Bonchev–Trinajstić information content (AvgIpc) is 3.08. The third kappa shape index (κ3) is 9.30. The Morgan fingerprint density at radius 1 is 0.609 bits per heavy atom. The van der Waals surface area contributed by atoms with E-state index >= 15 is 0 Å². The number of carbonyl (C=O) groups is 2. The summed E-state index contributed by atoms with van der Waals surface area (Å²) in [7, 11) is 0. The molecule has 7 nitrogen and oxygen atoms in total. The summed E-state index contributed by atoms with van der Waals surface area (Å²) < 4.78 is 18.4. The summed E-state index contributed by atoms with van der Waals surface area (Å²) in [6.45, 7) is 4.22. The van der Waals surface area contributed by atoms with Gasteiger partial charge in [0.25, 0.3) is 0 Å². The second kappa shape index (κ2) is 16.1. The summed E-state index contributed by atoms with van der Waals surface area (Å²) in [6.07, 6.45) is 0. The molecule has 0 aliphatic carbocycles. The smallest absolute Gasteiger partial charge is 0.248 e. The molecule has 7 heteroatoms. The molecule has 0 atom stereocenters. The van der Waals surface area contributed by atoms with Crippen LogP contribution in [0.4, 0.5) is 0 Å². The van der Waals surface area contributed by atoms with E-state index in [-0.39, 0.29) is 12.3 Å². The van der Waals surface area contributed by atoms with Gasteiger partial charge in [0.05, 0.1) is 6.54 Å². The number of aryl methyl sites for hydroxylation is 1. The van der Waals surface area contributed by atoms with E-state index < -0.39 is 5.91 Å². The molecular weight excluding hydrogens is 576 g/mol. The van der Waals surface area contributed by atoms with Crippen molar-refractivity contribution in [3.63, 3.8) is 0 Å². The number of benzene rings is 5. The van der Waals surface area contributed by atoms with E-state index in [0.717, 1.165) is 22.3 Å². The van der Waals surface area contributed by atoms with Gasteiger partial charge in [0.15, 0.2) is 17.3 Å². The number of rotatable bonds is 16. The average molecular weight is 615 g/mol. The molecule has 0 radical (unpaired) electrons. The highest BCUT2D eigenvalue weighted by Crippen LogP contribution is 2.30. The monoisotopic (exact) mass is 614 g/mol. The molecule has 0 aromatic heterocycles. The van der Waals surface area contributed by atoms with Crippen molar-refractivity contribution in [1.29, 1.82) is 0 Å². The molecule has 0 aliphatic rings. The van der Waals surface area contributed by atoms with Gasteiger partial charge < -0.3 is 19.9 Å². The molecule has 0 saturated heterocycles. The zero-order valence-corrected chi connectivity index (χ0v) is 25.9. The van der Waals surface area contributed by atoms with Gasteiger partial charge in [0, 0.05) is 24.2 Å². The molecular formula is C39H38N2O5. The molecule has 46 heavy (non-hydrogen) atoms. The van der Waals surface area contributed by atoms with Gasteiger partial charge in [-0.1, -0.05) is 91.0 Å². The lowest BCUT2D eigenvalue weighted by atomic mass is 10.1. The zero-order valence-electron chi connectivity index (χ0n) is 25.9. The van der Waals surface area contributed by atoms with Crippen LogP contribution in [-0.2, 0) is 19.8 Å². The third-order valence-electron chi connectivity index (χ3n) is 7.48. The Bertz CT molecular complexity index is 1730. The van der Waals surface area contributed by atoms with E-state index in [2.05, 4.69) is 4.90 Å². The van der Waals surface area contributed by atoms with Gasteiger partial charge in [-0.05, 0) is 65.6 Å². The number of hydrogen-bond acceptors (Lipinski definition) is 6. The first kappa shape index (κ1) is 32.0. The quantitative estimate of drug-likeness (QED) is 0.120. The summed E-state index contributed by atoms with van der Waals surface area (Å²) >= 11 is 0. The second-order valence-corrected chi connectivity index (χ2v) is 11.0. The van der Waals surface area contributed by atoms with Crippen molar-refractivity contribution < 1.29 is 23.8 Å². The minimum atomic E-state index is -0.480. The number of nitrogens with two attached hydrogens (primary N) is 1. The molecule has 2 N–H and O–H groups in total. The largest absolute Gasteiger partial charge is 0.492 e. The van der Waals surface area contributed by atoms with Crippen LogP contribution in [0.25, 0.3) is 0 Å². The Hall–Kier alpha value is -5.40. The number of hydrogen-bond donors (Lipinski definition) is 1. The Kier molecular flexibility index (Phi) is 11.2. The molecule has 0 saturated carbocycles. The minimum Gasteiger partial charge on any atom is -0.492 e. The summed E-state index contributed by atoms with van der Waals surface area (Å²) in [5.41, 5.74) is 10.3. The van der Waals surface area contributed by atoms with Crippen LogP contribution in [0.1, 0.15) is 43.0 Å². The number of amides is 1. The first-order valence-corrected chi connectivity index (χ1v) is 15.2. The van der Waals surface area contributed by atoms with Gasteiger partial charge in [-0.2, -0.15) is 0 Å². The Balaban J connectivity index is 1.30. The van der Waals surface area contributed by atoms with Gasteiger partial charge in [-0.3, -0.25) is 14.5 Å². The fourth-order valence-corrected chi connectivity index (χ4v) is 4.98. The van der Waals surface area contributed by atoms with E-state index in [1.165, 1.54) is 0 Å². The SMILES string of the molecule is Cc1cc(C(N)=O)ccc1OCCN(CC(=O)c1ccc(OCc2ccccc2)c(OCc2ccccc2)c1)Cc1ccccc1. The molecule has 0 fully saturated rings. The lowest BCUT2D eigenvalue weighted by Gasteiger charge is -2.22. The molecule has 0 spiro atoms. The van der Waals surface area contributed by atoms with Crippen LogP contribution in [0.3, 0.4) is 0 Å². The van der Waals surface area contributed by atoms with Crippen molar-refractivity contribution in [2.24, 2.45) is 5.73 Å². The number of ether oxygens (including phenoxy) is 3. The fourth-order valence-electron chi connectivity index (χ4n) is 4.98. The molecule has 0 unspecified atom stereocenters.